The summed E-state index contributed by atoms with van der Waals surface area (Å²) in [7, 11) is 0. The molecule has 1 aromatic heterocycles. The van der Waals surface area contributed by atoms with Gasteiger partial charge in [-0.1, -0.05) is 19.1 Å². The van der Waals surface area contributed by atoms with Crippen LogP contribution < -0.4 is 10.6 Å². The summed E-state index contributed by atoms with van der Waals surface area (Å²) in [6.45, 7) is 5.27. The number of carbonyl (C=O) groups is 2. The number of amides is 2. The first-order valence-corrected chi connectivity index (χ1v) is 7.75. The minimum atomic E-state index is -0.764. The van der Waals surface area contributed by atoms with Crippen LogP contribution in [-0.4, -0.2) is 33.0 Å². The highest BCUT2D eigenvalue weighted by Gasteiger charge is 2.28. The molecule has 0 saturated carbocycles. The van der Waals surface area contributed by atoms with Gasteiger partial charge in [0.2, 0.25) is 5.69 Å². The fourth-order valence-corrected chi connectivity index (χ4v) is 2.18. The first-order valence-electron chi connectivity index (χ1n) is 7.75. The van der Waals surface area contributed by atoms with E-state index in [1.165, 1.54) is 6.92 Å². The molecule has 25 heavy (non-hydrogen) atoms. The molecule has 1 aromatic carbocycles. The van der Waals surface area contributed by atoms with Crippen molar-refractivity contribution in [1.29, 1.82) is 0 Å². The second-order valence-electron chi connectivity index (χ2n) is 5.59. The van der Waals surface area contributed by atoms with Gasteiger partial charge >= 0.3 is 5.69 Å². The molecule has 0 aliphatic carbocycles. The molecule has 9 heteroatoms. The van der Waals surface area contributed by atoms with Gasteiger partial charge in [0.1, 0.15) is 5.69 Å². The van der Waals surface area contributed by atoms with Crippen LogP contribution in [0.25, 0.3) is 0 Å². The molecule has 0 aliphatic heterocycles. The van der Waals surface area contributed by atoms with E-state index in [2.05, 4.69) is 20.8 Å². The summed E-state index contributed by atoms with van der Waals surface area (Å²) in [6, 6.07) is 6.42. The Bertz CT molecular complexity index is 815. The van der Waals surface area contributed by atoms with Crippen LogP contribution in [0.3, 0.4) is 0 Å². The number of hydrogen-bond donors (Lipinski definition) is 3. The van der Waals surface area contributed by atoms with Crippen molar-refractivity contribution in [3.05, 3.63) is 51.3 Å². The van der Waals surface area contributed by atoms with Gasteiger partial charge in [-0.2, -0.15) is 5.10 Å². The number of nitrogens with zero attached hydrogens (tertiary/aromatic N) is 2. The van der Waals surface area contributed by atoms with E-state index in [0.29, 0.717) is 0 Å². The molecule has 2 amide bonds. The van der Waals surface area contributed by atoms with Crippen LogP contribution >= 0.6 is 0 Å². The SMILES string of the molecule is CC[C@@H](C)NC(=O)c1ccccc1NC(=O)c1n[nH]c(C)c1[N+](=O)[O-]. The Kier molecular flexibility index (Phi) is 5.48. The van der Waals surface area contributed by atoms with Crippen LogP contribution in [0.4, 0.5) is 11.4 Å². The van der Waals surface area contributed by atoms with E-state index in [1.54, 1.807) is 24.3 Å². The largest absolute Gasteiger partial charge is 0.350 e. The minimum Gasteiger partial charge on any atom is -0.350 e. The van der Waals surface area contributed by atoms with Crippen molar-refractivity contribution in [1.82, 2.24) is 15.5 Å². The Morgan fingerprint density at radius 2 is 2.00 bits per heavy atom. The van der Waals surface area contributed by atoms with Crippen LogP contribution in [-0.2, 0) is 0 Å². The van der Waals surface area contributed by atoms with Gasteiger partial charge in [-0.25, -0.2) is 0 Å². The average Bonchev–Trinajstić information content (AvgIpc) is 2.97. The Hall–Kier alpha value is -3.23. The fraction of sp³-hybridized carbons (Fsp3) is 0.312. The zero-order valence-electron chi connectivity index (χ0n) is 14.1. The van der Waals surface area contributed by atoms with Crippen molar-refractivity contribution < 1.29 is 14.5 Å². The molecule has 9 nitrogen and oxygen atoms in total. The van der Waals surface area contributed by atoms with E-state index in [-0.39, 0.29) is 40.3 Å². The van der Waals surface area contributed by atoms with Gasteiger partial charge in [-0.3, -0.25) is 24.8 Å². The molecule has 2 aromatic rings. The first kappa shape index (κ1) is 18.1. The van der Waals surface area contributed by atoms with Crippen molar-refractivity contribution in [2.45, 2.75) is 33.2 Å². The maximum absolute atomic E-state index is 12.4. The lowest BCUT2D eigenvalue weighted by atomic mass is 10.1. The van der Waals surface area contributed by atoms with Crippen molar-refractivity contribution in [2.24, 2.45) is 0 Å². The summed E-state index contributed by atoms with van der Waals surface area (Å²) in [5, 5.41) is 22.5. The van der Waals surface area contributed by atoms with Gasteiger partial charge in [0.25, 0.3) is 11.8 Å². The van der Waals surface area contributed by atoms with Crippen molar-refractivity contribution in [3.8, 4) is 0 Å². The molecule has 2 rings (SSSR count). The summed E-state index contributed by atoms with van der Waals surface area (Å²) in [6.07, 6.45) is 0.763. The molecule has 0 radical (unpaired) electrons. The molecule has 3 N–H and O–H groups in total. The molecule has 0 bridgehead atoms. The maximum atomic E-state index is 12.4. The molecule has 0 spiro atoms. The molecule has 0 saturated heterocycles. The zero-order valence-corrected chi connectivity index (χ0v) is 14.1. The van der Waals surface area contributed by atoms with Crippen LogP contribution in [0.5, 0.6) is 0 Å². The minimum absolute atomic E-state index is 0.0219. The topological polar surface area (TPSA) is 130 Å². The standard InChI is InChI=1S/C16H19N5O4/c1-4-9(2)17-15(22)11-7-5-6-8-12(11)18-16(23)13-14(21(24)25)10(3)19-20-13/h5-9H,4H2,1-3H3,(H,17,22)(H,18,23)(H,19,20)/t9-/m1/s1. The lowest BCUT2D eigenvalue weighted by Gasteiger charge is -2.14. The monoisotopic (exact) mass is 345 g/mol. The molecule has 132 valence electrons. The Morgan fingerprint density at radius 1 is 1.32 bits per heavy atom. The number of rotatable bonds is 6. The van der Waals surface area contributed by atoms with E-state index in [0.717, 1.165) is 6.42 Å². The highest BCUT2D eigenvalue weighted by atomic mass is 16.6. The molecular formula is C16H19N5O4. The number of aryl methyl sites for hydroxylation is 1. The molecule has 1 atom stereocenters. The number of anilines is 1. The van der Waals surface area contributed by atoms with Crippen LogP contribution in [0.15, 0.2) is 24.3 Å². The van der Waals surface area contributed by atoms with Gasteiger partial charge in [-0.15, -0.1) is 0 Å². The number of hydrogen-bond acceptors (Lipinski definition) is 5. The third-order valence-corrected chi connectivity index (χ3v) is 3.72. The highest BCUT2D eigenvalue weighted by molar-refractivity contribution is 6.09. The number of aromatic amines is 1. The van der Waals surface area contributed by atoms with E-state index in [9.17, 15) is 19.7 Å². The number of H-pyrrole nitrogens is 1. The number of nitro groups is 1. The normalized spacial score (nSPS) is 11.6. The number of para-hydroxylation sites is 1. The summed E-state index contributed by atoms with van der Waals surface area (Å²) >= 11 is 0. The van der Waals surface area contributed by atoms with Crippen LogP contribution in [0, 0.1) is 17.0 Å². The van der Waals surface area contributed by atoms with Crippen LogP contribution in [0.2, 0.25) is 0 Å². The van der Waals surface area contributed by atoms with Gasteiger partial charge in [0, 0.05) is 6.04 Å². The predicted molar refractivity (Wildman–Crippen MR) is 91.6 cm³/mol. The summed E-state index contributed by atoms with van der Waals surface area (Å²) in [4.78, 5) is 35.1. The Labute approximate surface area is 144 Å². The molecular weight excluding hydrogens is 326 g/mol. The molecule has 0 fully saturated rings. The van der Waals surface area contributed by atoms with Crippen molar-refractivity contribution in [2.75, 3.05) is 5.32 Å². The quantitative estimate of drug-likeness (QED) is 0.547. The van der Waals surface area contributed by atoms with Crippen molar-refractivity contribution >= 4 is 23.2 Å². The highest BCUT2D eigenvalue weighted by Crippen LogP contribution is 2.22. The molecule has 0 aliphatic rings. The Balaban J connectivity index is 2.28. The summed E-state index contributed by atoms with van der Waals surface area (Å²) in [5.41, 5.74) is -0.0223. The van der Waals surface area contributed by atoms with E-state index >= 15 is 0 Å². The second kappa shape index (κ2) is 7.56. The first-order chi connectivity index (χ1) is 11.8. The number of aromatic nitrogens is 2. The summed E-state index contributed by atoms with van der Waals surface area (Å²) < 4.78 is 0. The van der Waals surface area contributed by atoms with Crippen LogP contribution in [0.1, 0.15) is 46.8 Å². The zero-order chi connectivity index (χ0) is 18.6. The van der Waals surface area contributed by atoms with E-state index < -0.39 is 10.8 Å². The molecule has 1 heterocycles. The smallest absolute Gasteiger partial charge is 0.322 e. The van der Waals surface area contributed by atoms with E-state index in [1.807, 2.05) is 13.8 Å². The number of benzene rings is 1. The fourth-order valence-electron chi connectivity index (χ4n) is 2.18. The lowest BCUT2D eigenvalue weighted by molar-refractivity contribution is -0.385. The van der Waals surface area contributed by atoms with Crippen molar-refractivity contribution in [3.63, 3.8) is 0 Å². The predicted octanol–water partition coefficient (Wildman–Crippen LogP) is 2.41. The number of carbonyl (C=O) groups excluding carboxylic acids is 2. The van der Waals surface area contributed by atoms with Gasteiger partial charge in [-0.05, 0) is 32.4 Å². The Morgan fingerprint density at radius 3 is 2.64 bits per heavy atom. The maximum Gasteiger partial charge on any atom is 0.322 e. The third-order valence-electron chi connectivity index (χ3n) is 3.72. The average molecular weight is 345 g/mol. The van der Waals surface area contributed by atoms with Gasteiger partial charge in [0.05, 0.1) is 16.2 Å². The lowest BCUT2D eigenvalue weighted by Crippen LogP contribution is -2.32. The summed E-state index contributed by atoms with van der Waals surface area (Å²) in [5.74, 6) is -1.10. The number of nitrogens with one attached hydrogen (secondary N) is 3. The second-order valence-corrected chi connectivity index (χ2v) is 5.59. The molecule has 0 unspecified atom stereocenters. The van der Waals surface area contributed by atoms with E-state index in [4.69, 9.17) is 0 Å². The van der Waals surface area contributed by atoms with Gasteiger partial charge in [0.15, 0.2) is 0 Å². The third kappa shape index (κ3) is 4.00. The van der Waals surface area contributed by atoms with Gasteiger partial charge < -0.3 is 10.6 Å².